The normalized spacial score (nSPS) is 16.3. The molecule has 1 aliphatic heterocycles. The first-order valence-corrected chi connectivity index (χ1v) is 12.3. The maximum atomic E-state index is 13.8. The number of benzene rings is 3. The van der Waals surface area contributed by atoms with E-state index < -0.39 is 36.1 Å². The number of aliphatic carboxylic acids is 1. The van der Waals surface area contributed by atoms with E-state index in [1.807, 2.05) is 54.6 Å². The number of carboxylic acid groups (broad SMARTS) is 1. The number of urea groups is 1. The molecular weight excluding hydrogens is 494 g/mol. The molecule has 0 spiro atoms. The summed E-state index contributed by atoms with van der Waals surface area (Å²) in [5.74, 6) is -1.65. The number of fused-ring (bicyclic) bond motifs is 1. The van der Waals surface area contributed by atoms with E-state index in [9.17, 15) is 19.5 Å². The van der Waals surface area contributed by atoms with Crippen LogP contribution in [0.4, 0.5) is 10.5 Å². The molecule has 0 saturated heterocycles. The first-order chi connectivity index (χ1) is 17.8. The fourth-order valence-corrected chi connectivity index (χ4v) is 4.50. The Hall–Kier alpha value is -3.88. The van der Waals surface area contributed by atoms with Crippen molar-refractivity contribution in [3.05, 3.63) is 101 Å². The molecule has 4 rings (SSSR count). The maximum absolute atomic E-state index is 13.8. The molecule has 0 saturated carbocycles. The number of carboxylic acids is 1. The second kappa shape index (κ2) is 11.9. The largest absolute Gasteiger partial charge is 0.480 e. The van der Waals surface area contributed by atoms with Crippen LogP contribution in [-0.4, -0.2) is 46.1 Å². The number of nitrogens with zero attached hydrogens (tertiary/aromatic N) is 1. The molecule has 1 aliphatic rings. The van der Waals surface area contributed by atoms with Crippen molar-refractivity contribution >= 4 is 35.2 Å². The summed E-state index contributed by atoms with van der Waals surface area (Å²) in [4.78, 5) is 40.2. The van der Waals surface area contributed by atoms with Gasteiger partial charge in [-0.3, -0.25) is 4.79 Å². The molecule has 8 nitrogen and oxygen atoms in total. The Labute approximate surface area is 220 Å². The lowest BCUT2D eigenvalue weighted by atomic mass is 9.93. The van der Waals surface area contributed by atoms with Crippen LogP contribution >= 0.6 is 11.6 Å². The van der Waals surface area contributed by atoms with E-state index in [0.717, 1.165) is 16.7 Å². The fourth-order valence-electron chi connectivity index (χ4n) is 4.31. The van der Waals surface area contributed by atoms with Crippen LogP contribution in [0.3, 0.4) is 0 Å². The topological polar surface area (TPSA) is 108 Å². The van der Waals surface area contributed by atoms with Crippen LogP contribution in [0.2, 0.25) is 5.02 Å². The minimum absolute atomic E-state index is 0.117. The van der Waals surface area contributed by atoms with E-state index in [2.05, 4.69) is 10.6 Å². The Morgan fingerprint density at radius 2 is 1.73 bits per heavy atom. The SMILES string of the molecule is CC(OCc1ccccc1)C(NC(=O)Nc1cccc(Cl)c1)C(=O)N1Cc2ccccc2C[C@@H]1C(=O)O. The molecule has 9 heteroatoms. The Bertz CT molecular complexity index is 1270. The van der Waals surface area contributed by atoms with Gasteiger partial charge in [0.2, 0.25) is 5.91 Å². The summed E-state index contributed by atoms with van der Waals surface area (Å²) in [6.07, 6.45) is -0.581. The van der Waals surface area contributed by atoms with Gasteiger partial charge in [-0.05, 0) is 41.8 Å². The van der Waals surface area contributed by atoms with Crippen molar-refractivity contribution in [1.82, 2.24) is 10.2 Å². The zero-order chi connectivity index (χ0) is 26.4. The smallest absolute Gasteiger partial charge is 0.326 e. The second-order valence-corrected chi connectivity index (χ2v) is 9.32. The van der Waals surface area contributed by atoms with Crippen molar-refractivity contribution in [1.29, 1.82) is 0 Å². The zero-order valence-corrected chi connectivity index (χ0v) is 21.0. The van der Waals surface area contributed by atoms with Gasteiger partial charge in [0.05, 0.1) is 12.7 Å². The van der Waals surface area contributed by atoms with Gasteiger partial charge in [0.1, 0.15) is 12.1 Å². The molecule has 3 N–H and O–H groups in total. The molecule has 3 amide bonds. The van der Waals surface area contributed by atoms with E-state index in [1.54, 1.807) is 31.2 Å². The maximum Gasteiger partial charge on any atom is 0.326 e. The van der Waals surface area contributed by atoms with Gasteiger partial charge in [0, 0.05) is 23.7 Å². The van der Waals surface area contributed by atoms with E-state index >= 15 is 0 Å². The number of hydrogen-bond donors (Lipinski definition) is 3. The molecule has 2 unspecified atom stereocenters. The number of hydrogen-bond acceptors (Lipinski definition) is 4. The van der Waals surface area contributed by atoms with Gasteiger partial charge < -0.3 is 25.4 Å². The molecule has 0 fully saturated rings. The number of anilines is 1. The highest BCUT2D eigenvalue weighted by Crippen LogP contribution is 2.25. The summed E-state index contributed by atoms with van der Waals surface area (Å²) in [7, 11) is 0. The summed E-state index contributed by atoms with van der Waals surface area (Å²) in [6, 6.07) is 20.6. The number of amides is 3. The highest BCUT2D eigenvalue weighted by molar-refractivity contribution is 6.30. The van der Waals surface area contributed by atoms with Crippen LogP contribution in [0.15, 0.2) is 78.9 Å². The molecule has 3 aromatic rings. The molecule has 1 heterocycles. The predicted molar refractivity (Wildman–Crippen MR) is 140 cm³/mol. The van der Waals surface area contributed by atoms with Crippen LogP contribution in [0, 0.1) is 0 Å². The lowest BCUT2D eigenvalue weighted by Gasteiger charge is -2.38. The van der Waals surface area contributed by atoms with Crippen molar-refractivity contribution in [2.24, 2.45) is 0 Å². The number of carbonyl (C=O) groups is 3. The van der Waals surface area contributed by atoms with Gasteiger partial charge in [-0.1, -0.05) is 72.3 Å². The first kappa shape index (κ1) is 26.2. The van der Waals surface area contributed by atoms with Gasteiger partial charge in [-0.25, -0.2) is 9.59 Å². The highest BCUT2D eigenvalue weighted by Gasteiger charge is 2.40. The predicted octanol–water partition coefficient (Wildman–Crippen LogP) is 4.47. The molecule has 37 heavy (non-hydrogen) atoms. The Morgan fingerprint density at radius 1 is 1.03 bits per heavy atom. The first-order valence-electron chi connectivity index (χ1n) is 11.9. The van der Waals surface area contributed by atoms with E-state index in [-0.39, 0.29) is 19.6 Å². The summed E-state index contributed by atoms with van der Waals surface area (Å²) in [5.41, 5.74) is 3.10. The molecule has 0 bridgehead atoms. The van der Waals surface area contributed by atoms with Crippen LogP contribution in [-0.2, 0) is 33.9 Å². The minimum Gasteiger partial charge on any atom is -0.480 e. The molecule has 0 aliphatic carbocycles. The third-order valence-electron chi connectivity index (χ3n) is 6.28. The Balaban J connectivity index is 1.57. The van der Waals surface area contributed by atoms with Crippen LogP contribution in [0.1, 0.15) is 23.6 Å². The lowest BCUT2D eigenvalue weighted by molar-refractivity contribution is -0.154. The van der Waals surface area contributed by atoms with E-state index in [4.69, 9.17) is 16.3 Å². The summed E-state index contributed by atoms with van der Waals surface area (Å²) < 4.78 is 5.98. The third-order valence-corrected chi connectivity index (χ3v) is 6.51. The number of halogens is 1. The minimum atomic E-state index is -1.14. The van der Waals surface area contributed by atoms with Crippen molar-refractivity contribution < 1.29 is 24.2 Å². The molecular formula is C28H28ClN3O5. The van der Waals surface area contributed by atoms with Crippen molar-refractivity contribution in [3.63, 3.8) is 0 Å². The Morgan fingerprint density at radius 3 is 2.43 bits per heavy atom. The van der Waals surface area contributed by atoms with E-state index in [1.165, 1.54) is 4.90 Å². The third kappa shape index (κ3) is 6.67. The highest BCUT2D eigenvalue weighted by atomic mass is 35.5. The van der Waals surface area contributed by atoms with Crippen molar-refractivity contribution in [2.45, 2.75) is 44.7 Å². The summed E-state index contributed by atoms with van der Waals surface area (Å²) in [5, 5.41) is 15.7. The van der Waals surface area contributed by atoms with Crippen LogP contribution < -0.4 is 10.6 Å². The quantitative estimate of drug-likeness (QED) is 0.405. The van der Waals surface area contributed by atoms with Gasteiger partial charge in [0.25, 0.3) is 0 Å². The monoisotopic (exact) mass is 521 g/mol. The average Bonchev–Trinajstić information content (AvgIpc) is 2.89. The number of nitrogens with one attached hydrogen (secondary N) is 2. The van der Waals surface area contributed by atoms with Crippen LogP contribution in [0.5, 0.6) is 0 Å². The van der Waals surface area contributed by atoms with Gasteiger partial charge >= 0.3 is 12.0 Å². The molecule has 3 aromatic carbocycles. The number of ether oxygens (including phenoxy) is 1. The van der Waals surface area contributed by atoms with Crippen molar-refractivity contribution in [3.8, 4) is 0 Å². The summed E-state index contributed by atoms with van der Waals surface area (Å²) in [6.45, 7) is 2.01. The number of rotatable bonds is 8. The second-order valence-electron chi connectivity index (χ2n) is 8.88. The van der Waals surface area contributed by atoms with Gasteiger partial charge in [-0.15, -0.1) is 0 Å². The van der Waals surface area contributed by atoms with Gasteiger partial charge in [-0.2, -0.15) is 0 Å². The van der Waals surface area contributed by atoms with Crippen LogP contribution in [0.25, 0.3) is 0 Å². The molecule has 0 radical (unpaired) electrons. The molecule has 192 valence electrons. The summed E-state index contributed by atoms with van der Waals surface area (Å²) >= 11 is 6.01. The lowest BCUT2D eigenvalue weighted by Crippen LogP contribution is -2.59. The molecule has 3 atom stereocenters. The molecule has 0 aromatic heterocycles. The standard InChI is InChI=1S/C28H28ClN3O5/c1-18(37-17-19-8-3-2-4-9-19)25(31-28(36)30-23-13-7-12-22(29)15-23)26(33)32-16-21-11-6-5-10-20(21)14-24(32)27(34)35/h2-13,15,18,24-25H,14,16-17H2,1H3,(H,34,35)(H2,30,31,36)/t18?,24-,25?/m1/s1. The number of carbonyl (C=O) groups excluding carboxylic acids is 2. The van der Waals surface area contributed by atoms with E-state index in [0.29, 0.717) is 10.7 Å². The van der Waals surface area contributed by atoms with Crippen molar-refractivity contribution in [2.75, 3.05) is 5.32 Å². The Kier molecular flexibility index (Phi) is 8.43. The average molecular weight is 522 g/mol. The fraction of sp³-hybridized carbons (Fsp3) is 0.250. The van der Waals surface area contributed by atoms with Gasteiger partial charge in [0.15, 0.2) is 0 Å². The zero-order valence-electron chi connectivity index (χ0n) is 20.3.